The second kappa shape index (κ2) is 10.0. The van der Waals surface area contributed by atoms with E-state index in [0.717, 1.165) is 5.56 Å². The molecule has 0 aliphatic rings. The first kappa shape index (κ1) is 20.2. The Morgan fingerprint density at radius 2 is 1.86 bits per heavy atom. The van der Waals surface area contributed by atoms with Crippen LogP contribution in [0.4, 0.5) is 4.79 Å². The molecular weight excluding hydrogens is 308 g/mol. The maximum atomic E-state index is 11.9. The Kier molecular flexibility index (Phi) is 9.21. The monoisotopic (exact) mass is 330 g/mol. The van der Waals surface area contributed by atoms with Crippen LogP contribution in [0.2, 0.25) is 0 Å². The summed E-state index contributed by atoms with van der Waals surface area (Å²) in [6.07, 6.45) is 0.382. The van der Waals surface area contributed by atoms with E-state index in [9.17, 15) is 9.59 Å². The van der Waals surface area contributed by atoms with Crippen LogP contribution in [-0.2, 0) is 16.1 Å². The average molecular weight is 331 g/mol. The number of halogens is 1. The Morgan fingerprint density at radius 1 is 1.27 bits per heavy atom. The van der Waals surface area contributed by atoms with E-state index in [0.29, 0.717) is 12.8 Å². The van der Waals surface area contributed by atoms with E-state index in [2.05, 4.69) is 0 Å². The molecule has 1 aromatic rings. The van der Waals surface area contributed by atoms with Crippen LogP contribution in [0, 0.1) is 0 Å². The summed E-state index contributed by atoms with van der Waals surface area (Å²) in [5.41, 5.74) is 6.36. The van der Waals surface area contributed by atoms with Crippen molar-refractivity contribution in [1.82, 2.24) is 4.90 Å². The summed E-state index contributed by atoms with van der Waals surface area (Å²) in [5.74, 6) is -1.03. The first-order valence-electron chi connectivity index (χ1n) is 6.83. The highest BCUT2D eigenvalue weighted by Crippen LogP contribution is 2.09. The van der Waals surface area contributed by atoms with Gasteiger partial charge in [0.25, 0.3) is 0 Å². The zero-order valence-corrected chi connectivity index (χ0v) is 13.6. The minimum atomic E-state index is -1.03. The number of carbonyl (C=O) groups excluding carboxylic acids is 1. The van der Waals surface area contributed by atoms with Gasteiger partial charge in [-0.3, -0.25) is 4.79 Å². The molecule has 0 heterocycles. The number of nitrogens with two attached hydrogens (primary N) is 1. The lowest BCUT2D eigenvalue weighted by Gasteiger charge is -2.24. The van der Waals surface area contributed by atoms with Crippen LogP contribution in [0.3, 0.4) is 0 Å². The fourth-order valence-corrected chi connectivity index (χ4v) is 1.74. The molecule has 22 heavy (non-hydrogen) atoms. The molecule has 7 heteroatoms. The van der Waals surface area contributed by atoms with Crippen LogP contribution < -0.4 is 5.73 Å². The van der Waals surface area contributed by atoms with E-state index in [1.54, 1.807) is 7.05 Å². The van der Waals surface area contributed by atoms with Crippen LogP contribution in [0.15, 0.2) is 30.3 Å². The molecule has 6 nitrogen and oxygen atoms in total. The highest BCUT2D eigenvalue weighted by Gasteiger charge is 2.19. The van der Waals surface area contributed by atoms with Gasteiger partial charge in [-0.15, -0.1) is 12.4 Å². The van der Waals surface area contributed by atoms with Crippen molar-refractivity contribution in [1.29, 1.82) is 0 Å². The van der Waals surface area contributed by atoms with E-state index >= 15 is 0 Å². The van der Waals surface area contributed by atoms with Crippen LogP contribution >= 0.6 is 12.4 Å². The van der Waals surface area contributed by atoms with Gasteiger partial charge in [-0.1, -0.05) is 30.3 Å². The molecule has 1 aromatic carbocycles. The molecule has 0 spiro atoms. The minimum absolute atomic E-state index is 0. The molecule has 1 unspecified atom stereocenters. The molecule has 0 bridgehead atoms. The summed E-state index contributed by atoms with van der Waals surface area (Å²) in [6, 6.07) is 8.36. The third-order valence-electron chi connectivity index (χ3n) is 3.37. The molecule has 1 amide bonds. The predicted molar refractivity (Wildman–Crippen MR) is 85.9 cm³/mol. The predicted octanol–water partition coefficient (Wildman–Crippen LogP) is 2.26. The smallest absolute Gasteiger partial charge is 0.410 e. The van der Waals surface area contributed by atoms with Crippen molar-refractivity contribution >= 4 is 24.5 Å². The molecule has 0 aromatic heterocycles. The van der Waals surface area contributed by atoms with Gasteiger partial charge in [-0.25, -0.2) is 4.79 Å². The number of amides is 1. The Balaban J connectivity index is 0.00000441. The van der Waals surface area contributed by atoms with Crippen molar-refractivity contribution < 1.29 is 19.4 Å². The normalized spacial score (nSPS) is 12.7. The Labute approximate surface area is 136 Å². The summed E-state index contributed by atoms with van der Waals surface area (Å²) in [4.78, 5) is 24.0. The number of ether oxygens (including phenoxy) is 1. The standard InChI is InChI=1S/C15H22N2O4.ClH/c1-11(8-9-13(16)14(18)19)17(2)15(20)21-10-12-6-4-3-5-7-12;/h3-7,11,13H,8-10,16H2,1-2H3,(H,18,19);1H/t11?,13-;/m0./s1. The van der Waals surface area contributed by atoms with Gasteiger partial charge in [0.05, 0.1) is 0 Å². The van der Waals surface area contributed by atoms with Gasteiger partial charge in [0, 0.05) is 13.1 Å². The first-order chi connectivity index (χ1) is 9.91. The molecule has 0 aliphatic carbocycles. The lowest BCUT2D eigenvalue weighted by atomic mass is 10.1. The van der Waals surface area contributed by atoms with Crippen molar-refractivity contribution in [3.63, 3.8) is 0 Å². The molecule has 1 rings (SSSR count). The third-order valence-corrected chi connectivity index (χ3v) is 3.37. The maximum Gasteiger partial charge on any atom is 0.410 e. The van der Waals surface area contributed by atoms with E-state index in [1.165, 1.54) is 4.90 Å². The molecule has 124 valence electrons. The van der Waals surface area contributed by atoms with Crippen LogP contribution in [0.25, 0.3) is 0 Å². The lowest BCUT2D eigenvalue weighted by Crippen LogP contribution is -2.38. The number of carboxylic acids is 1. The van der Waals surface area contributed by atoms with Gasteiger partial charge < -0.3 is 20.5 Å². The number of hydrogen-bond acceptors (Lipinski definition) is 4. The fraction of sp³-hybridized carbons (Fsp3) is 0.467. The van der Waals surface area contributed by atoms with Crippen molar-refractivity contribution in [2.24, 2.45) is 5.73 Å². The summed E-state index contributed by atoms with van der Waals surface area (Å²) in [6.45, 7) is 2.05. The summed E-state index contributed by atoms with van der Waals surface area (Å²) >= 11 is 0. The summed E-state index contributed by atoms with van der Waals surface area (Å²) in [7, 11) is 1.63. The quantitative estimate of drug-likeness (QED) is 0.800. The van der Waals surface area contributed by atoms with Crippen molar-refractivity contribution in [2.75, 3.05) is 7.05 Å². The highest BCUT2D eigenvalue weighted by molar-refractivity contribution is 5.85. The second-order valence-electron chi connectivity index (χ2n) is 5.02. The van der Waals surface area contributed by atoms with Crippen LogP contribution in [0.5, 0.6) is 0 Å². The largest absolute Gasteiger partial charge is 0.480 e. The summed E-state index contributed by atoms with van der Waals surface area (Å²) in [5, 5.41) is 8.72. The van der Waals surface area contributed by atoms with Gasteiger partial charge in [0.1, 0.15) is 12.6 Å². The zero-order valence-electron chi connectivity index (χ0n) is 12.8. The number of rotatable bonds is 7. The van der Waals surface area contributed by atoms with Gasteiger partial charge in [0.2, 0.25) is 0 Å². The number of hydrogen-bond donors (Lipinski definition) is 2. The second-order valence-corrected chi connectivity index (χ2v) is 5.02. The molecular formula is C15H23ClN2O4. The molecule has 0 fully saturated rings. The number of nitrogens with zero attached hydrogens (tertiary/aromatic N) is 1. The molecule has 0 aliphatic heterocycles. The fourth-order valence-electron chi connectivity index (χ4n) is 1.74. The SMILES string of the molecule is CC(CC[C@H](N)C(=O)O)N(C)C(=O)OCc1ccccc1.Cl. The van der Waals surface area contributed by atoms with Crippen LogP contribution in [0.1, 0.15) is 25.3 Å². The van der Waals surface area contributed by atoms with Gasteiger partial charge >= 0.3 is 12.1 Å². The Bertz CT molecular complexity index is 470. The van der Waals surface area contributed by atoms with Gasteiger partial charge in [0.15, 0.2) is 0 Å². The van der Waals surface area contributed by atoms with Crippen molar-refractivity contribution in [2.45, 2.75) is 38.5 Å². The molecule has 0 radical (unpaired) electrons. The Morgan fingerprint density at radius 3 is 2.41 bits per heavy atom. The van der Waals surface area contributed by atoms with Crippen molar-refractivity contribution in [3.8, 4) is 0 Å². The number of aliphatic carboxylic acids is 1. The van der Waals surface area contributed by atoms with E-state index in [4.69, 9.17) is 15.6 Å². The third kappa shape index (κ3) is 6.78. The summed E-state index contributed by atoms with van der Waals surface area (Å²) < 4.78 is 5.20. The molecule has 0 saturated carbocycles. The van der Waals surface area contributed by atoms with Gasteiger partial charge in [-0.05, 0) is 25.3 Å². The topological polar surface area (TPSA) is 92.9 Å². The maximum absolute atomic E-state index is 11.9. The highest BCUT2D eigenvalue weighted by atomic mass is 35.5. The number of carbonyl (C=O) groups is 2. The zero-order chi connectivity index (χ0) is 15.8. The molecule has 3 N–H and O–H groups in total. The minimum Gasteiger partial charge on any atom is -0.480 e. The van der Waals surface area contributed by atoms with E-state index in [-0.39, 0.29) is 25.1 Å². The van der Waals surface area contributed by atoms with Crippen LogP contribution in [-0.4, -0.2) is 41.2 Å². The van der Waals surface area contributed by atoms with E-state index < -0.39 is 18.1 Å². The van der Waals surface area contributed by atoms with E-state index in [1.807, 2.05) is 37.3 Å². The average Bonchev–Trinajstić information content (AvgIpc) is 2.49. The Hall–Kier alpha value is -1.79. The first-order valence-corrected chi connectivity index (χ1v) is 6.83. The number of benzene rings is 1. The van der Waals surface area contributed by atoms with Gasteiger partial charge in [-0.2, -0.15) is 0 Å². The van der Waals surface area contributed by atoms with Crippen molar-refractivity contribution in [3.05, 3.63) is 35.9 Å². The molecule has 2 atom stereocenters. The molecule has 0 saturated heterocycles. The lowest BCUT2D eigenvalue weighted by molar-refractivity contribution is -0.138. The number of carboxylic acid groups (broad SMARTS) is 1.